The molecular weight excluding hydrogens is 813 g/mol. The predicted octanol–water partition coefficient (Wildman–Crippen LogP) is 11.2. The molecule has 330 valence electrons. The van der Waals surface area contributed by atoms with Crippen LogP contribution in [0.5, 0.6) is 23.0 Å². The second-order valence-electron chi connectivity index (χ2n) is 14.9. The van der Waals surface area contributed by atoms with Crippen molar-refractivity contribution in [2.24, 2.45) is 10.2 Å². The Morgan fingerprint density at radius 3 is 1.47 bits per heavy atom. The zero-order valence-electron chi connectivity index (χ0n) is 35.8. The lowest BCUT2D eigenvalue weighted by atomic mass is 10.1. The molecule has 0 N–H and O–H groups in total. The number of fused-ring (bicyclic) bond motifs is 3. The van der Waals surface area contributed by atoms with Crippen molar-refractivity contribution in [3.8, 4) is 34.1 Å². The Hall–Kier alpha value is -7.34. The van der Waals surface area contributed by atoms with Crippen LogP contribution < -0.4 is 18.9 Å². The Balaban J connectivity index is 1.07. The van der Waals surface area contributed by atoms with Crippen molar-refractivity contribution >= 4 is 23.9 Å². The van der Waals surface area contributed by atoms with E-state index in [0.29, 0.717) is 54.6 Å². The quantitative estimate of drug-likeness (QED) is 0.0182. The van der Waals surface area contributed by atoms with Crippen molar-refractivity contribution < 1.29 is 47.6 Å². The third-order valence-electron chi connectivity index (χ3n) is 10.3. The number of nitrogens with zero attached hydrogens (tertiary/aromatic N) is 2. The number of benzene rings is 5. The highest BCUT2D eigenvalue weighted by molar-refractivity contribution is 5.92. The third kappa shape index (κ3) is 13.6. The second-order valence-corrected chi connectivity index (χ2v) is 14.9. The molecule has 1 aliphatic carbocycles. The Morgan fingerprint density at radius 1 is 0.516 bits per heavy atom. The van der Waals surface area contributed by atoms with Gasteiger partial charge in [0.1, 0.15) is 29.0 Å². The molecule has 5 aromatic carbocycles. The average Bonchev–Trinajstić information content (AvgIpc) is 3.64. The van der Waals surface area contributed by atoms with Crippen molar-refractivity contribution in [1.82, 2.24) is 0 Å². The number of unbranched alkanes of at least 4 members (excludes halogenated alkanes) is 6. The molecule has 0 amide bonds. The summed E-state index contributed by atoms with van der Waals surface area (Å²) in [6.45, 7) is 8.56. The number of esters is 4. The molecule has 0 saturated carbocycles. The third-order valence-corrected chi connectivity index (χ3v) is 10.3. The molecule has 12 heteroatoms. The molecule has 0 radical (unpaired) electrons. The summed E-state index contributed by atoms with van der Waals surface area (Å²) in [5.74, 6) is -0.261. The van der Waals surface area contributed by atoms with Gasteiger partial charge in [0.2, 0.25) is 0 Å². The summed E-state index contributed by atoms with van der Waals surface area (Å²) in [7, 11) is 0. The Labute approximate surface area is 373 Å². The van der Waals surface area contributed by atoms with Gasteiger partial charge in [-0.15, -0.1) is 0 Å². The van der Waals surface area contributed by atoms with Gasteiger partial charge in [0.05, 0.1) is 44.1 Å². The lowest BCUT2D eigenvalue weighted by Crippen LogP contribution is -2.11. The number of rotatable bonds is 25. The summed E-state index contributed by atoms with van der Waals surface area (Å²) in [6.07, 6.45) is 9.16. The lowest BCUT2D eigenvalue weighted by Gasteiger charge is -2.12. The van der Waals surface area contributed by atoms with Crippen LogP contribution in [-0.2, 0) is 25.6 Å². The summed E-state index contributed by atoms with van der Waals surface area (Å²) < 4.78 is 33.4. The van der Waals surface area contributed by atoms with Gasteiger partial charge in [-0.05, 0) is 140 Å². The van der Waals surface area contributed by atoms with Crippen molar-refractivity contribution in [2.45, 2.75) is 64.0 Å². The zero-order valence-corrected chi connectivity index (χ0v) is 35.8. The molecule has 0 heterocycles. The van der Waals surface area contributed by atoms with Gasteiger partial charge in [-0.3, -0.25) is 0 Å². The van der Waals surface area contributed by atoms with Gasteiger partial charge in [0.15, 0.2) is 0 Å². The minimum atomic E-state index is -0.584. The van der Waals surface area contributed by atoms with Crippen LogP contribution in [0.1, 0.15) is 94.8 Å². The number of hydrogen-bond acceptors (Lipinski definition) is 12. The molecule has 0 saturated heterocycles. The van der Waals surface area contributed by atoms with Crippen LogP contribution in [-0.4, -0.2) is 50.3 Å². The highest BCUT2D eigenvalue weighted by Gasteiger charge is 2.28. The minimum absolute atomic E-state index is 0.0381. The van der Waals surface area contributed by atoms with Crippen LogP contribution >= 0.6 is 0 Å². The molecule has 0 bridgehead atoms. The molecule has 5 aromatic rings. The summed E-state index contributed by atoms with van der Waals surface area (Å²) in [4.78, 5) is 49.0. The maximum atomic E-state index is 13.5. The number of hydrogen-bond donors (Lipinski definition) is 0. The Kier molecular flexibility index (Phi) is 17.6. The molecule has 1 aliphatic rings. The van der Waals surface area contributed by atoms with Gasteiger partial charge in [0.25, 0.3) is 0 Å². The first-order valence-corrected chi connectivity index (χ1v) is 21.5. The molecule has 12 nitrogen and oxygen atoms in total. The summed E-state index contributed by atoms with van der Waals surface area (Å²) in [6, 6.07) is 34.1. The smallest absolute Gasteiger partial charge is 0.343 e. The van der Waals surface area contributed by atoms with E-state index in [1.807, 2.05) is 36.4 Å². The standard InChI is InChI=1S/C52H52N2O10/c1-3-48(55)61-33-15-7-5-13-31-59-40-25-21-37(22-26-40)51(57)63-42-29-30-47(39(35-42)36-53-54-50-45-19-11-9-17-43(45)44-18-10-12-20-46(44)50)64-52(58)38-23-27-41(28-24-38)60-32-14-6-8-16-34-62-49(56)4-2/h3-4,9-12,17-30,35,50H,1-2,5-8,13-16,31-34,36H2. The van der Waals surface area contributed by atoms with Gasteiger partial charge in [0, 0.05) is 17.7 Å². The second kappa shape index (κ2) is 24.3. The van der Waals surface area contributed by atoms with Gasteiger partial charge in [-0.2, -0.15) is 10.2 Å². The molecule has 0 spiro atoms. The minimum Gasteiger partial charge on any atom is -0.494 e. The van der Waals surface area contributed by atoms with Crippen LogP contribution in [0.3, 0.4) is 0 Å². The van der Waals surface area contributed by atoms with E-state index in [1.165, 1.54) is 0 Å². The maximum absolute atomic E-state index is 13.5. The topological polar surface area (TPSA) is 148 Å². The van der Waals surface area contributed by atoms with Gasteiger partial charge >= 0.3 is 23.9 Å². The van der Waals surface area contributed by atoms with E-state index < -0.39 is 23.9 Å². The van der Waals surface area contributed by atoms with Gasteiger partial charge in [-0.1, -0.05) is 61.7 Å². The van der Waals surface area contributed by atoms with E-state index >= 15 is 0 Å². The summed E-state index contributed by atoms with van der Waals surface area (Å²) in [5.41, 5.74) is 5.46. The fourth-order valence-corrected chi connectivity index (χ4v) is 6.95. The summed E-state index contributed by atoms with van der Waals surface area (Å²) >= 11 is 0. The van der Waals surface area contributed by atoms with Crippen LogP contribution in [0.2, 0.25) is 0 Å². The van der Waals surface area contributed by atoms with E-state index in [4.69, 9.17) is 33.5 Å². The van der Waals surface area contributed by atoms with Crippen molar-refractivity contribution in [3.05, 3.63) is 168 Å². The zero-order chi connectivity index (χ0) is 44.9. The first-order valence-electron chi connectivity index (χ1n) is 21.5. The van der Waals surface area contributed by atoms with E-state index in [2.05, 4.69) is 30.4 Å². The largest absolute Gasteiger partial charge is 0.494 e. The number of carbonyl (C=O) groups is 4. The molecular formula is C52H52N2O10. The Morgan fingerprint density at radius 2 is 0.969 bits per heavy atom. The molecule has 0 unspecified atom stereocenters. The van der Waals surface area contributed by atoms with Crippen LogP contribution in [0.4, 0.5) is 0 Å². The molecule has 6 rings (SSSR count). The monoisotopic (exact) mass is 864 g/mol. The molecule has 0 fully saturated rings. The first-order chi connectivity index (χ1) is 31.3. The molecule has 0 aromatic heterocycles. The molecule has 64 heavy (non-hydrogen) atoms. The van der Waals surface area contributed by atoms with Crippen molar-refractivity contribution in [1.29, 1.82) is 0 Å². The number of azo groups is 1. The van der Waals surface area contributed by atoms with E-state index in [1.54, 1.807) is 66.7 Å². The van der Waals surface area contributed by atoms with Gasteiger partial charge in [-0.25, -0.2) is 19.2 Å². The number of ether oxygens (including phenoxy) is 6. The fourth-order valence-electron chi connectivity index (χ4n) is 6.95. The Bertz CT molecular complexity index is 2360. The SMILES string of the molecule is C=CC(=O)OCCCCCCOc1ccc(C(=O)Oc2ccc(OC(=O)c3ccc(OCCCCCCOC(=O)C=C)cc3)c(CN=NC3c4ccccc4-c4ccccc43)c2)cc1. The van der Waals surface area contributed by atoms with Gasteiger partial charge < -0.3 is 28.4 Å². The molecule has 0 atom stereocenters. The first kappa shape index (κ1) is 46.2. The maximum Gasteiger partial charge on any atom is 0.343 e. The summed E-state index contributed by atoms with van der Waals surface area (Å²) in [5, 5.41) is 9.36. The average molecular weight is 865 g/mol. The highest BCUT2D eigenvalue weighted by atomic mass is 16.5. The highest BCUT2D eigenvalue weighted by Crippen LogP contribution is 2.45. The van der Waals surface area contributed by atoms with Crippen LogP contribution in [0.25, 0.3) is 11.1 Å². The predicted molar refractivity (Wildman–Crippen MR) is 242 cm³/mol. The van der Waals surface area contributed by atoms with E-state index in [9.17, 15) is 19.2 Å². The fraction of sp³-hybridized carbons (Fsp3) is 0.269. The normalized spacial score (nSPS) is 11.6. The van der Waals surface area contributed by atoms with Crippen molar-refractivity contribution in [2.75, 3.05) is 26.4 Å². The molecule has 0 aliphatic heterocycles. The van der Waals surface area contributed by atoms with Crippen molar-refractivity contribution in [3.63, 3.8) is 0 Å². The van der Waals surface area contributed by atoms with E-state index in [-0.39, 0.29) is 24.1 Å². The lowest BCUT2D eigenvalue weighted by molar-refractivity contribution is -0.138. The van der Waals surface area contributed by atoms with Crippen LogP contribution in [0.15, 0.2) is 151 Å². The van der Waals surface area contributed by atoms with E-state index in [0.717, 1.165) is 85.8 Å². The number of carbonyl (C=O) groups excluding carboxylic acids is 4. The van der Waals surface area contributed by atoms with Crippen LogP contribution in [0, 0.1) is 0 Å².